The zero-order valence-corrected chi connectivity index (χ0v) is 11.0. The molecule has 0 aliphatic rings. The molecule has 0 bridgehead atoms. The molecule has 0 saturated heterocycles. The highest BCUT2D eigenvalue weighted by molar-refractivity contribution is 7.89. The van der Waals surface area contributed by atoms with E-state index in [0.717, 1.165) is 5.56 Å². The van der Waals surface area contributed by atoms with Gasteiger partial charge >= 0.3 is 0 Å². The van der Waals surface area contributed by atoms with E-state index < -0.39 is 10.0 Å². The van der Waals surface area contributed by atoms with E-state index in [1.54, 1.807) is 44.4 Å². The van der Waals surface area contributed by atoms with E-state index in [4.69, 9.17) is 4.42 Å². The summed E-state index contributed by atoms with van der Waals surface area (Å²) in [6.45, 7) is 3.87. The van der Waals surface area contributed by atoms with Crippen LogP contribution in [0.5, 0.6) is 0 Å². The highest BCUT2D eigenvalue weighted by atomic mass is 32.2. The largest absolute Gasteiger partial charge is 0.449 e. The van der Waals surface area contributed by atoms with Crippen LogP contribution in [0.25, 0.3) is 11.3 Å². The topological polar surface area (TPSA) is 72.2 Å². The molecule has 0 atom stereocenters. The van der Waals surface area contributed by atoms with Gasteiger partial charge in [0.1, 0.15) is 12.0 Å². The molecular weight excluding hydrogens is 252 g/mol. The molecule has 1 N–H and O–H groups in total. The molecule has 2 aromatic rings. The maximum atomic E-state index is 11.7. The second-order valence-electron chi connectivity index (χ2n) is 3.78. The summed E-state index contributed by atoms with van der Waals surface area (Å²) < 4.78 is 31.0. The quantitative estimate of drug-likeness (QED) is 0.918. The van der Waals surface area contributed by atoms with Crippen LogP contribution in [0.4, 0.5) is 0 Å². The van der Waals surface area contributed by atoms with Gasteiger partial charge in [-0.3, -0.25) is 0 Å². The van der Waals surface area contributed by atoms with E-state index >= 15 is 0 Å². The van der Waals surface area contributed by atoms with Gasteiger partial charge in [0.2, 0.25) is 10.0 Å². The summed E-state index contributed by atoms with van der Waals surface area (Å²) in [5.41, 5.74) is 1.52. The molecule has 1 heterocycles. The SMILES string of the molecule is CCNS(=O)(=O)c1ccc(-c2coc(C)n2)cc1. The number of aromatic nitrogens is 1. The van der Waals surface area contributed by atoms with Crippen molar-refractivity contribution in [2.45, 2.75) is 18.7 Å². The second-order valence-corrected chi connectivity index (χ2v) is 5.54. The molecule has 0 aliphatic carbocycles. The number of aryl methyl sites for hydroxylation is 1. The smallest absolute Gasteiger partial charge is 0.240 e. The fourth-order valence-corrected chi connectivity index (χ4v) is 2.62. The lowest BCUT2D eigenvalue weighted by Crippen LogP contribution is -2.22. The Labute approximate surface area is 106 Å². The standard InChI is InChI=1S/C12H14N2O3S/c1-3-13-18(15,16)11-6-4-10(5-7-11)12-8-17-9(2)14-12/h4-8,13H,3H2,1-2H3. The molecule has 0 fully saturated rings. The van der Waals surface area contributed by atoms with Crippen molar-refractivity contribution in [1.82, 2.24) is 9.71 Å². The summed E-state index contributed by atoms with van der Waals surface area (Å²) in [4.78, 5) is 4.42. The van der Waals surface area contributed by atoms with E-state index in [2.05, 4.69) is 9.71 Å². The van der Waals surface area contributed by atoms with Crippen LogP contribution in [-0.4, -0.2) is 19.9 Å². The van der Waals surface area contributed by atoms with Crippen LogP contribution in [0.15, 0.2) is 39.8 Å². The first kappa shape index (κ1) is 12.8. The second kappa shape index (κ2) is 4.91. The van der Waals surface area contributed by atoms with Crippen molar-refractivity contribution in [3.8, 4) is 11.3 Å². The van der Waals surface area contributed by atoms with Crippen molar-refractivity contribution in [2.75, 3.05) is 6.54 Å². The lowest BCUT2D eigenvalue weighted by molar-refractivity contribution is 0.521. The van der Waals surface area contributed by atoms with Crippen LogP contribution in [0.1, 0.15) is 12.8 Å². The fraction of sp³-hybridized carbons (Fsp3) is 0.250. The normalized spacial score (nSPS) is 11.7. The maximum absolute atomic E-state index is 11.7. The van der Waals surface area contributed by atoms with Crippen molar-refractivity contribution in [1.29, 1.82) is 0 Å². The first-order valence-electron chi connectivity index (χ1n) is 5.55. The molecule has 5 nitrogen and oxygen atoms in total. The van der Waals surface area contributed by atoms with E-state index in [1.807, 2.05) is 0 Å². The minimum absolute atomic E-state index is 0.244. The van der Waals surface area contributed by atoms with Gasteiger partial charge in [0.15, 0.2) is 5.89 Å². The average molecular weight is 266 g/mol. The Hall–Kier alpha value is -1.66. The van der Waals surface area contributed by atoms with Crippen molar-refractivity contribution in [3.05, 3.63) is 36.4 Å². The number of sulfonamides is 1. The lowest BCUT2D eigenvalue weighted by atomic mass is 10.2. The Morgan fingerprint density at radius 2 is 1.94 bits per heavy atom. The Kier molecular flexibility index (Phi) is 3.49. The summed E-state index contributed by atoms with van der Waals surface area (Å²) in [6, 6.07) is 6.53. The third-order valence-electron chi connectivity index (χ3n) is 2.41. The Morgan fingerprint density at radius 3 is 2.44 bits per heavy atom. The molecule has 1 aromatic heterocycles. The van der Waals surface area contributed by atoms with E-state index in [1.165, 1.54) is 0 Å². The third kappa shape index (κ3) is 2.60. The predicted octanol–water partition coefficient (Wildman–Crippen LogP) is 1.95. The van der Waals surface area contributed by atoms with Crippen molar-refractivity contribution in [2.24, 2.45) is 0 Å². The van der Waals surface area contributed by atoms with Gasteiger partial charge < -0.3 is 4.42 Å². The fourth-order valence-electron chi connectivity index (χ4n) is 1.57. The molecule has 0 aliphatic heterocycles. The minimum atomic E-state index is -3.40. The number of hydrogen-bond donors (Lipinski definition) is 1. The number of nitrogens with zero attached hydrogens (tertiary/aromatic N) is 1. The summed E-state index contributed by atoms with van der Waals surface area (Å²) >= 11 is 0. The molecule has 0 saturated carbocycles. The summed E-state index contributed by atoms with van der Waals surface area (Å²) in [5.74, 6) is 0.578. The number of hydrogen-bond acceptors (Lipinski definition) is 4. The minimum Gasteiger partial charge on any atom is -0.449 e. The molecule has 6 heteroatoms. The van der Waals surface area contributed by atoms with Gasteiger partial charge in [-0.05, 0) is 12.1 Å². The van der Waals surface area contributed by atoms with Crippen molar-refractivity contribution < 1.29 is 12.8 Å². The molecular formula is C12H14N2O3S. The van der Waals surface area contributed by atoms with Crippen LogP contribution >= 0.6 is 0 Å². The van der Waals surface area contributed by atoms with Crippen LogP contribution < -0.4 is 4.72 Å². The highest BCUT2D eigenvalue weighted by Crippen LogP contribution is 2.20. The zero-order valence-electron chi connectivity index (χ0n) is 10.2. The predicted molar refractivity (Wildman–Crippen MR) is 67.5 cm³/mol. The van der Waals surface area contributed by atoms with Gasteiger partial charge in [0.25, 0.3) is 0 Å². The van der Waals surface area contributed by atoms with Crippen molar-refractivity contribution in [3.63, 3.8) is 0 Å². The molecule has 96 valence electrons. The molecule has 2 rings (SSSR count). The molecule has 18 heavy (non-hydrogen) atoms. The van der Waals surface area contributed by atoms with Gasteiger partial charge in [0, 0.05) is 19.0 Å². The summed E-state index contributed by atoms with van der Waals surface area (Å²) in [6.07, 6.45) is 1.54. The Morgan fingerprint density at radius 1 is 1.28 bits per heavy atom. The van der Waals surface area contributed by atoms with Gasteiger partial charge in [-0.2, -0.15) is 0 Å². The maximum Gasteiger partial charge on any atom is 0.240 e. The van der Waals surface area contributed by atoms with E-state index in [0.29, 0.717) is 18.1 Å². The van der Waals surface area contributed by atoms with Gasteiger partial charge in [0.05, 0.1) is 4.90 Å². The van der Waals surface area contributed by atoms with Crippen molar-refractivity contribution >= 4 is 10.0 Å². The molecule has 0 unspecified atom stereocenters. The zero-order chi connectivity index (χ0) is 13.2. The first-order chi connectivity index (χ1) is 8.53. The molecule has 1 aromatic carbocycles. The van der Waals surface area contributed by atoms with E-state index in [-0.39, 0.29) is 4.90 Å². The van der Waals surface area contributed by atoms with Crippen LogP contribution in [0.2, 0.25) is 0 Å². The summed E-state index contributed by atoms with van der Waals surface area (Å²) in [5, 5.41) is 0. The third-order valence-corrected chi connectivity index (χ3v) is 3.98. The molecule has 0 radical (unpaired) electrons. The lowest BCUT2D eigenvalue weighted by Gasteiger charge is -2.04. The van der Waals surface area contributed by atoms with Crippen LogP contribution in [0.3, 0.4) is 0 Å². The van der Waals surface area contributed by atoms with E-state index in [9.17, 15) is 8.42 Å². The van der Waals surface area contributed by atoms with Gasteiger partial charge in [-0.15, -0.1) is 0 Å². The number of benzene rings is 1. The Bertz CT molecular complexity index is 630. The number of oxazole rings is 1. The van der Waals surface area contributed by atoms with Crippen LogP contribution in [0, 0.1) is 6.92 Å². The monoisotopic (exact) mass is 266 g/mol. The Balaban J connectivity index is 2.31. The average Bonchev–Trinajstić information content (AvgIpc) is 2.76. The number of nitrogens with one attached hydrogen (secondary N) is 1. The van der Waals surface area contributed by atoms with Crippen LogP contribution in [-0.2, 0) is 10.0 Å². The molecule has 0 amide bonds. The number of rotatable bonds is 4. The van der Waals surface area contributed by atoms with Gasteiger partial charge in [-0.25, -0.2) is 18.1 Å². The van der Waals surface area contributed by atoms with Gasteiger partial charge in [-0.1, -0.05) is 19.1 Å². The highest BCUT2D eigenvalue weighted by Gasteiger charge is 2.12. The molecule has 0 spiro atoms. The first-order valence-corrected chi connectivity index (χ1v) is 7.03. The summed E-state index contributed by atoms with van der Waals surface area (Å²) in [7, 11) is -3.40.